The Morgan fingerprint density at radius 2 is 1.43 bits per heavy atom. The molecule has 242 valence electrons. The number of nitrogens with one attached hydrogen (secondary N) is 1. The summed E-state index contributed by atoms with van der Waals surface area (Å²) in [7, 11) is -4.24. The number of amides is 2. The van der Waals surface area contributed by atoms with Crippen molar-refractivity contribution in [2.24, 2.45) is 0 Å². The number of nitrogens with zero attached hydrogens (tertiary/aromatic N) is 2. The van der Waals surface area contributed by atoms with Crippen molar-refractivity contribution in [3.63, 3.8) is 0 Å². The van der Waals surface area contributed by atoms with Gasteiger partial charge >= 0.3 is 0 Å². The summed E-state index contributed by atoms with van der Waals surface area (Å²) in [4.78, 5) is 29.9. The van der Waals surface area contributed by atoms with Gasteiger partial charge in [0.15, 0.2) is 0 Å². The van der Waals surface area contributed by atoms with E-state index in [2.05, 4.69) is 5.32 Å². The van der Waals surface area contributed by atoms with Crippen molar-refractivity contribution in [2.75, 3.05) is 10.8 Å². The van der Waals surface area contributed by atoms with Crippen LogP contribution in [0.15, 0.2) is 102 Å². The van der Waals surface area contributed by atoms with E-state index in [0.717, 1.165) is 15.4 Å². The zero-order chi connectivity index (χ0) is 33.4. The molecule has 2 amide bonds. The Bertz CT molecular complexity index is 1730. The monoisotopic (exact) mass is 699 g/mol. The van der Waals surface area contributed by atoms with E-state index in [9.17, 15) is 18.0 Å². The summed E-state index contributed by atoms with van der Waals surface area (Å²) in [5.74, 6) is -1.00. The highest BCUT2D eigenvalue weighted by Gasteiger charge is 2.35. The average Bonchev–Trinajstić information content (AvgIpc) is 3.03. The molecule has 0 unspecified atom stereocenters. The number of halogens is 3. The maximum absolute atomic E-state index is 14.6. The number of rotatable bonds is 13. The van der Waals surface area contributed by atoms with Crippen molar-refractivity contribution in [2.45, 2.75) is 57.1 Å². The third-order valence-electron chi connectivity index (χ3n) is 7.66. The molecule has 4 rings (SSSR count). The van der Waals surface area contributed by atoms with Crippen LogP contribution in [0, 0.1) is 6.92 Å². The lowest BCUT2D eigenvalue weighted by atomic mass is 10.0. The molecule has 11 heteroatoms. The van der Waals surface area contributed by atoms with Crippen LogP contribution in [-0.4, -0.2) is 43.8 Å². The summed E-state index contributed by atoms with van der Waals surface area (Å²) in [5, 5.41) is 4.04. The molecular weight excluding hydrogens is 665 g/mol. The Morgan fingerprint density at radius 1 is 0.826 bits per heavy atom. The number of carbonyl (C=O) groups is 2. The molecule has 0 aliphatic carbocycles. The number of carbonyl (C=O) groups excluding carboxylic acids is 2. The topological polar surface area (TPSA) is 86.8 Å². The van der Waals surface area contributed by atoms with Crippen LogP contribution in [0.25, 0.3) is 0 Å². The minimum absolute atomic E-state index is 0.0110. The highest BCUT2D eigenvalue weighted by atomic mass is 35.5. The second-order valence-corrected chi connectivity index (χ2v) is 14.2. The molecule has 4 aromatic rings. The first-order chi connectivity index (χ1) is 21.9. The van der Waals surface area contributed by atoms with Crippen LogP contribution < -0.4 is 9.62 Å². The minimum atomic E-state index is -4.24. The Balaban J connectivity index is 1.84. The number of hydrogen-bond acceptors (Lipinski definition) is 4. The van der Waals surface area contributed by atoms with Crippen molar-refractivity contribution in [3.05, 3.63) is 129 Å². The van der Waals surface area contributed by atoms with Gasteiger partial charge in [-0.1, -0.05) is 95.8 Å². The number of sulfonamides is 1. The molecule has 0 heterocycles. The van der Waals surface area contributed by atoms with Gasteiger partial charge in [-0.05, 0) is 74.4 Å². The lowest BCUT2D eigenvalue weighted by Crippen LogP contribution is -2.54. The molecule has 46 heavy (non-hydrogen) atoms. The second-order valence-electron chi connectivity index (χ2n) is 11.0. The van der Waals surface area contributed by atoms with E-state index in [1.54, 1.807) is 42.5 Å². The summed E-state index contributed by atoms with van der Waals surface area (Å²) in [6.45, 7) is 4.93. The van der Waals surface area contributed by atoms with Crippen molar-refractivity contribution in [1.82, 2.24) is 10.2 Å². The summed E-state index contributed by atoms with van der Waals surface area (Å²) in [6.07, 6.45) is 0.843. The molecule has 0 bridgehead atoms. The van der Waals surface area contributed by atoms with E-state index in [4.69, 9.17) is 34.8 Å². The fourth-order valence-corrected chi connectivity index (χ4v) is 6.88. The molecule has 0 aromatic heterocycles. The first kappa shape index (κ1) is 35.3. The molecular formula is C35H36Cl3N3O4S. The van der Waals surface area contributed by atoms with Gasteiger partial charge in [0, 0.05) is 39.6 Å². The lowest BCUT2D eigenvalue weighted by molar-refractivity contribution is -0.140. The van der Waals surface area contributed by atoms with Gasteiger partial charge in [-0.3, -0.25) is 13.9 Å². The Kier molecular flexibility index (Phi) is 12.1. The molecule has 2 atom stereocenters. The van der Waals surface area contributed by atoms with Crippen LogP contribution in [0.5, 0.6) is 0 Å². The van der Waals surface area contributed by atoms with Crippen molar-refractivity contribution in [1.29, 1.82) is 0 Å². The maximum atomic E-state index is 14.6. The van der Waals surface area contributed by atoms with Gasteiger partial charge < -0.3 is 10.2 Å². The molecule has 7 nitrogen and oxygen atoms in total. The van der Waals surface area contributed by atoms with Gasteiger partial charge in [0.1, 0.15) is 12.6 Å². The first-order valence-corrected chi connectivity index (χ1v) is 17.4. The van der Waals surface area contributed by atoms with Crippen LogP contribution in [0.3, 0.4) is 0 Å². The van der Waals surface area contributed by atoms with Crippen molar-refractivity contribution in [3.8, 4) is 0 Å². The Morgan fingerprint density at radius 3 is 2.02 bits per heavy atom. The molecule has 1 N–H and O–H groups in total. The van der Waals surface area contributed by atoms with Gasteiger partial charge in [0.25, 0.3) is 10.0 Å². The lowest BCUT2D eigenvalue weighted by Gasteiger charge is -2.34. The largest absolute Gasteiger partial charge is 0.352 e. The molecule has 0 aliphatic heterocycles. The predicted octanol–water partition coefficient (Wildman–Crippen LogP) is 7.71. The molecule has 0 saturated heterocycles. The van der Waals surface area contributed by atoms with Gasteiger partial charge in [0.05, 0.1) is 10.6 Å². The number of aryl methyl sites for hydroxylation is 1. The van der Waals surface area contributed by atoms with E-state index in [1.807, 2.05) is 51.1 Å². The third-order valence-corrected chi connectivity index (χ3v) is 10.4. The maximum Gasteiger partial charge on any atom is 0.264 e. The highest BCUT2D eigenvalue weighted by Crippen LogP contribution is 2.29. The number of hydrogen-bond donors (Lipinski definition) is 1. The van der Waals surface area contributed by atoms with Crippen molar-refractivity contribution < 1.29 is 18.0 Å². The zero-order valence-electron chi connectivity index (χ0n) is 25.8. The smallest absolute Gasteiger partial charge is 0.264 e. The van der Waals surface area contributed by atoms with E-state index < -0.39 is 28.5 Å². The minimum Gasteiger partial charge on any atom is -0.352 e. The molecule has 0 fully saturated rings. The van der Waals surface area contributed by atoms with Crippen LogP contribution >= 0.6 is 34.8 Å². The molecule has 0 spiro atoms. The standard InChI is InChI=1S/C35H36Cl3N3O4S/c1-4-25(3)39-35(43)33(21-26-9-6-5-7-10-26)40(22-30-31(37)11-8-12-32(30)38)34(42)23-41(28-17-15-27(36)16-18-28)46(44,45)29-19-13-24(2)14-20-29/h5-20,25,33H,4,21-23H2,1-3H3,(H,39,43)/t25-,33-/m1/s1. The van der Waals surface area contributed by atoms with Gasteiger partial charge in [-0.2, -0.15) is 0 Å². The average molecular weight is 701 g/mol. The SMILES string of the molecule is CC[C@@H](C)NC(=O)[C@@H](Cc1ccccc1)N(Cc1c(Cl)cccc1Cl)C(=O)CN(c1ccc(Cl)cc1)S(=O)(=O)c1ccc(C)cc1. The summed E-state index contributed by atoms with van der Waals surface area (Å²) >= 11 is 19.3. The molecule has 0 aliphatic rings. The highest BCUT2D eigenvalue weighted by molar-refractivity contribution is 7.92. The summed E-state index contributed by atoms with van der Waals surface area (Å²) < 4.78 is 29.3. The summed E-state index contributed by atoms with van der Waals surface area (Å²) in [6, 6.07) is 25.7. The van der Waals surface area contributed by atoms with Crippen LogP contribution in [0.2, 0.25) is 15.1 Å². The molecule has 4 aromatic carbocycles. The van der Waals surface area contributed by atoms with Gasteiger partial charge in [0.2, 0.25) is 11.8 Å². The second kappa shape index (κ2) is 15.8. The number of benzene rings is 4. The van der Waals surface area contributed by atoms with Crippen molar-refractivity contribution >= 4 is 62.3 Å². The van der Waals surface area contributed by atoms with Crippen LogP contribution in [-0.2, 0) is 32.6 Å². The zero-order valence-corrected chi connectivity index (χ0v) is 28.9. The first-order valence-electron chi connectivity index (χ1n) is 14.8. The normalized spacial score (nSPS) is 12.7. The molecule has 0 saturated carbocycles. The third kappa shape index (κ3) is 8.82. The van der Waals surface area contributed by atoms with Crippen LogP contribution in [0.1, 0.15) is 37.0 Å². The quantitative estimate of drug-likeness (QED) is 0.155. The predicted molar refractivity (Wildman–Crippen MR) is 186 cm³/mol. The van der Waals surface area contributed by atoms with E-state index in [0.29, 0.717) is 27.1 Å². The fourth-order valence-electron chi connectivity index (χ4n) is 4.82. The van der Waals surface area contributed by atoms with Gasteiger partial charge in [-0.25, -0.2) is 8.42 Å². The Hall–Kier alpha value is -3.56. The Labute approximate surface area is 286 Å². The van der Waals surface area contributed by atoms with Crippen LogP contribution in [0.4, 0.5) is 5.69 Å². The van der Waals surface area contributed by atoms with Gasteiger partial charge in [-0.15, -0.1) is 0 Å². The number of anilines is 1. The van der Waals surface area contributed by atoms with E-state index in [1.165, 1.54) is 29.2 Å². The molecule has 0 radical (unpaired) electrons. The fraction of sp³-hybridized carbons (Fsp3) is 0.257. The van der Waals surface area contributed by atoms with E-state index >= 15 is 0 Å². The summed E-state index contributed by atoms with van der Waals surface area (Å²) in [5.41, 5.74) is 2.37. The van der Waals surface area contributed by atoms with E-state index in [-0.39, 0.29) is 35.5 Å².